The zero-order valence-electron chi connectivity index (χ0n) is 29.9. The Hall–Kier alpha value is -4.34. The molecule has 2 aliphatic heterocycles. The number of hydrogen-bond acceptors (Lipinski definition) is 10. The van der Waals surface area contributed by atoms with Gasteiger partial charge < -0.3 is 19.7 Å². The molecule has 4 aliphatic rings. The predicted molar refractivity (Wildman–Crippen MR) is 184 cm³/mol. The maximum absolute atomic E-state index is 14.4. The van der Waals surface area contributed by atoms with Crippen LogP contribution in [0.15, 0.2) is 30.9 Å². The molecular formula is C36H47FN4O10S. The van der Waals surface area contributed by atoms with Gasteiger partial charge in [0.15, 0.2) is 5.78 Å². The van der Waals surface area contributed by atoms with Crippen LogP contribution in [0.2, 0.25) is 0 Å². The average Bonchev–Trinajstić information content (AvgIpc) is 3.96. The van der Waals surface area contributed by atoms with E-state index in [-0.39, 0.29) is 51.4 Å². The van der Waals surface area contributed by atoms with Gasteiger partial charge in [0.25, 0.3) is 0 Å². The van der Waals surface area contributed by atoms with Crippen LogP contribution in [-0.4, -0.2) is 89.9 Å². The lowest BCUT2D eigenvalue weighted by Gasteiger charge is -2.29. The summed E-state index contributed by atoms with van der Waals surface area (Å²) in [5.41, 5.74) is -1.18. The number of Topliss-reactive ketones (excluding diaryl/α,β-unsaturated/α-hetero) is 1. The Kier molecular flexibility index (Phi) is 11.2. The van der Waals surface area contributed by atoms with E-state index in [9.17, 15) is 41.6 Å². The zero-order chi connectivity index (χ0) is 38.2. The predicted octanol–water partition coefficient (Wildman–Crippen LogP) is 2.88. The summed E-state index contributed by atoms with van der Waals surface area (Å²) in [6.07, 6.45) is -0.0417. The smallest absolute Gasteiger partial charge is 0.410 e. The molecule has 5 atom stereocenters. The van der Waals surface area contributed by atoms with E-state index in [2.05, 4.69) is 16.6 Å². The maximum atomic E-state index is 14.4. The number of fused-ring (bicyclic) bond motifs is 1. The van der Waals surface area contributed by atoms with Gasteiger partial charge in [-0.05, 0) is 63.7 Å². The van der Waals surface area contributed by atoms with Crippen molar-refractivity contribution in [2.45, 2.75) is 109 Å². The van der Waals surface area contributed by atoms with Crippen LogP contribution >= 0.6 is 0 Å². The fourth-order valence-corrected chi connectivity index (χ4v) is 8.52. The standard InChI is InChI=1S/C36H47FN4O10S/c1-6-23-15-36(23,33(46)39-52(48,49)25-11-12-25)16-29(42)28-14-24(50-34(47)40-18-21-9-8-10-27(37)26(21)20-40)19-41(28)32(45)22(17-38-30(43)7-2)13-31(44)51-35(3,4)5/h7-10,22-25,28H,2,6,11-20H2,1,3-5H3,(H,38,43)(H,39,46)/t22-,23+,24?,28-,36+/m0/s1. The first-order valence-electron chi connectivity index (χ1n) is 17.6. The molecule has 52 heavy (non-hydrogen) atoms. The van der Waals surface area contributed by atoms with Gasteiger partial charge >= 0.3 is 12.1 Å². The van der Waals surface area contributed by atoms with Gasteiger partial charge in [0.05, 0.1) is 42.1 Å². The zero-order valence-corrected chi connectivity index (χ0v) is 30.8. The molecule has 1 aromatic carbocycles. The first-order valence-corrected chi connectivity index (χ1v) is 19.1. The van der Waals surface area contributed by atoms with E-state index in [1.54, 1.807) is 32.9 Å². The van der Waals surface area contributed by atoms with Crippen LogP contribution in [0.1, 0.15) is 83.8 Å². The second-order valence-electron chi connectivity index (χ2n) is 15.2. The van der Waals surface area contributed by atoms with Gasteiger partial charge in [-0.3, -0.25) is 33.6 Å². The Labute approximate surface area is 302 Å². The van der Waals surface area contributed by atoms with Crippen LogP contribution in [-0.2, 0) is 56.6 Å². The third kappa shape index (κ3) is 8.81. The van der Waals surface area contributed by atoms with E-state index in [1.165, 1.54) is 15.9 Å². The quantitative estimate of drug-likeness (QED) is 0.212. The first kappa shape index (κ1) is 38.9. The number of esters is 1. The molecule has 0 aromatic heterocycles. The summed E-state index contributed by atoms with van der Waals surface area (Å²) < 4.78 is 53.1. The fourth-order valence-electron chi connectivity index (χ4n) is 7.13. The molecule has 4 amide bonds. The van der Waals surface area contributed by atoms with Gasteiger partial charge in [-0.2, -0.15) is 0 Å². The van der Waals surface area contributed by atoms with Gasteiger partial charge in [0, 0.05) is 31.5 Å². The number of sulfonamides is 1. The van der Waals surface area contributed by atoms with Crippen LogP contribution < -0.4 is 10.0 Å². The number of rotatable bonds is 14. The second-order valence-corrected chi connectivity index (χ2v) is 17.2. The summed E-state index contributed by atoms with van der Waals surface area (Å²) in [5.74, 6) is -5.22. The molecule has 284 valence electrons. The van der Waals surface area contributed by atoms with Crippen molar-refractivity contribution in [3.8, 4) is 0 Å². The van der Waals surface area contributed by atoms with Crippen molar-refractivity contribution < 1.29 is 51.0 Å². The number of ketones is 1. The van der Waals surface area contributed by atoms with Crippen molar-refractivity contribution in [3.63, 3.8) is 0 Å². The fraction of sp³-hybridized carbons (Fsp3) is 0.611. The monoisotopic (exact) mass is 746 g/mol. The highest BCUT2D eigenvalue weighted by Crippen LogP contribution is 2.58. The Bertz CT molecular complexity index is 1760. The largest absolute Gasteiger partial charge is 0.460 e. The van der Waals surface area contributed by atoms with E-state index >= 15 is 0 Å². The lowest BCUT2D eigenvalue weighted by molar-refractivity contribution is -0.158. The molecule has 2 saturated carbocycles. The van der Waals surface area contributed by atoms with E-state index in [4.69, 9.17) is 9.47 Å². The van der Waals surface area contributed by atoms with Crippen molar-refractivity contribution >= 4 is 45.6 Å². The van der Waals surface area contributed by atoms with E-state index < -0.39 is 92.2 Å². The Balaban J connectivity index is 1.38. The van der Waals surface area contributed by atoms with Crippen LogP contribution in [0, 0.1) is 23.1 Å². The number of nitrogens with one attached hydrogen (secondary N) is 2. The molecule has 1 saturated heterocycles. The maximum Gasteiger partial charge on any atom is 0.410 e. The average molecular weight is 747 g/mol. The normalized spacial score (nSPS) is 24.4. The summed E-state index contributed by atoms with van der Waals surface area (Å²) in [6.45, 7) is 9.75. The molecular weight excluding hydrogens is 699 g/mol. The van der Waals surface area contributed by atoms with Crippen LogP contribution in [0.25, 0.3) is 0 Å². The van der Waals surface area contributed by atoms with Crippen LogP contribution in [0.5, 0.6) is 0 Å². The van der Waals surface area contributed by atoms with Crippen molar-refractivity contribution in [1.82, 2.24) is 19.8 Å². The minimum atomic E-state index is -3.89. The Morgan fingerprint density at radius 3 is 2.44 bits per heavy atom. The van der Waals surface area contributed by atoms with E-state index in [0.717, 1.165) is 6.08 Å². The van der Waals surface area contributed by atoms with Crippen molar-refractivity contribution in [1.29, 1.82) is 0 Å². The SMILES string of the molecule is C=CC(=O)NC[C@H](CC(=O)OC(C)(C)C)C(=O)N1CC(OC(=O)N2Cc3cccc(F)c3C2)C[C@H]1C(=O)C[C@]1(C(=O)NS(=O)(=O)C2CC2)C[C@H]1CC. The third-order valence-electron chi connectivity index (χ3n) is 10.1. The van der Waals surface area contributed by atoms with Gasteiger partial charge in [-0.25, -0.2) is 17.6 Å². The molecule has 1 aromatic rings. The third-order valence-corrected chi connectivity index (χ3v) is 11.9. The number of ether oxygens (including phenoxy) is 2. The number of hydrogen-bond donors (Lipinski definition) is 2. The number of nitrogens with zero attached hydrogens (tertiary/aromatic N) is 2. The number of carbonyl (C=O) groups excluding carboxylic acids is 6. The number of carbonyl (C=O) groups is 6. The molecule has 1 unspecified atom stereocenters. The molecule has 3 fully saturated rings. The van der Waals surface area contributed by atoms with Gasteiger partial charge in [0.2, 0.25) is 27.7 Å². The van der Waals surface area contributed by atoms with E-state index in [1.807, 2.05) is 6.92 Å². The first-order chi connectivity index (χ1) is 24.4. The van der Waals surface area contributed by atoms with Gasteiger partial charge in [0.1, 0.15) is 17.5 Å². The molecule has 0 radical (unpaired) electrons. The minimum absolute atomic E-state index is 0.0284. The Morgan fingerprint density at radius 1 is 1.13 bits per heavy atom. The lowest BCUT2D eigenvalue weighted by atomic mass is 9.90. The number of halogens is 1. The molecule has 2 N–H and O–H groups in total. The van der Waals surface area contributed by atoms with Crippen molar-refractivity contribution in [2.24, 2.45) is 17.3 Å². The summed E-state index contributed by atoms with van der Waals surface area (Å²) in [7, 11) is -3.89. The highest BCUT2D eigenvalue weighted by atomic mass is 32.2. The van der Waals surface area contributed by atoms with Crippen molar-refractivity contribution in [2.75, 3.05) is 13.1 Å². The Morgan fingerprint density at radius 2 is 1.85 bits per heavy atom. The summed E-state index contributed by atoms with van der Waals surface area (Å²) >= 11 is 0. The topological polar surface area (TPSA) is 186 Å². The molecule has 0 bridgehead atoms. The van der Waals surface area contributed by atoms with Crippen LogP contribution in [0.4, 0.5) is 9.18 Å². The molecule has 2 heterocycles. The van der Waals surface area contributed by atoms with E-state index in [0.29, 0.717) is 30.4 Å². The second kappa shape index (κ2) is 15.0. The lowest BCUT2D eigenvalue weighted by Crippen LogP contribution is -2.48. The number of likely N-dealkylation sites (tertiary alicyclic amines) is 1. The number of benzene rings is 1. The highest BCUT2D eigenvalue weighted by molar-refractivity contribution is 7.90. The molecule has 5 rings (SSSR count). The van der Waals surface area contributed by atoms with Gasteiger partial charge in [-0.15, -0.1) is 0 Å². The molecule has 14 nitrogen and oxygen atoms in total. The molecule has 2 aliphatic carbocycles. The molecule has 16 heteroatoms. The minimum Gasteiger partial charge on any atom is -0.460 e. The summed E-state index contributed by atoms with van der Waals surface area (Å²) in [4.78, 5) is 82.8. The van der Waals surface area contributed by atoms with Gasteiger partial charge in [-0.1, -0.05) is 32.1 Å². The summed E-state index contributed by atoms with van der Waals surface area (Å²) in [6, 6.07) is 3.34. The molecule has 0 spiro atoms. The number of amides is 4. The highest BCUT2D eigenvalue weighted by Gasteiger charge is 2.61. The summed E-state index contributed by atoms with van der Waals surface area (Å²) in [5, 5.41) is 1.88. The van der Waals surface area contributed by atoms with Crippen LogP contribution in [0.3, 0.4) is 0 Å². The van der Waals surface area contributed by atoms with Crippen molar-refractivity contribution in [3.05, 3.63) is 47.8 Å².